The summed E-state index contributed by atoms with van der Waals surface area (Å²) in [6, 6.07) is -1.04. The molecule has 6 heteroatoms. The first-order valence-electron chi connectivity index (χ1n) is 5.84. The lowest BCUT2D eigenvalue weighted by atomic mass is 9.70. The van der Waals surface area contributed by atoms with Gasteiger partial charge in [0.1, 0.15) is 11.4 Å². The van der Waals surface area contributed by atoms with E-state index in [0.29, 0.717) is 0 Å². The third-order valence-corrected chi connectivity index (χ3v) is 3.02. The normalized spacial score (nSPS) is 28.9. The maximum Gasteiger partial charge on any atom is 0.325 e. The van der Waals surface area contributed by atoms with E-state index < -0.39 is 29.0 Å². The van der Waals surface area contributed by atoms with Crippen molar-refractivity contribution in [3.8, 4) is 0 Å². The molecule has 1 aliphatic rings. The second kappa shape index (κ2) is 4.68. The third-order valence-electron chi connectivity index (χ3n) is 3.02. The molecule has 1 rings (SSSR count). The highest BCUT2D eigenvalue weighted by Crippen LogP contribution is 2.37. The van der Waals surface area contributed by atoms with Gasteiger partial charge in [-0.25, -0.2) is 0 Å². The van der Waals surface area contributed by atoms with E-state index >= 15 is 0 Å². The number of esters is 1. The summed E-state index contributed by atoms with van der Waals surface area (Å²) in [6.07, 6.45) is -0.165. The van der Waals surface area contributed by atoms with Crippen LogP contribution < -0.4 is 5.73 Å². The molecular weight excluding hydrogens is 238 g/mol. The van der Waals surface area contributed by atoms with Crippen molar-refractivity contribution < 1.29 is 24.2 Å². The van der Waals surface area contributed by atoms with Gasteiger partial charge in [0, 0.05) is 18.9 Å². The van der Waals surface area contributed by atoms with Crippen LogP contribution in [0.2, 0.25) is 0 Å². The predicted molar refractivity (Wildman–Crippen MR) is 62.7 cm³/mol. The fraction of sp³-hybridized carbons (Fsp3) is 0.750. The Morgan fingerprint density at radius 3 is 2.39 bits per heavy atom. The molecule has 6 nitrogen and oxygen atoms in total. The minimum absolute atomic E-state index is 0.0409. The Balaban J connectivity index is 3.05. The Kier molecular flexibility index (Phi) is 3.81. The number of ether oxygens (including phenoxy) is 1. The Morgan fingerprint density at radius 1 is 1.44 bits per heavy atom. The van der Waals surface area contributed by atoms with E-state index in [1.54, 1.807) is 20.8 Å². The van der Waals surface area contributed by atoms with Gasteiger partial charge >= 0.3 is 11.9 Å². The first-order valence-corrected chi connectivity index (χ1v) is 5.84. The van der Waals surface area contributed by atoms with Crippen LogP contribution in [0.5, 0.6) is 0 Å². The minimum atomic E-state index is -1.80. The number of rotatable bonds is 2. The quantitative estimate of drug-likeness (QED) is 0.550. The molecule has 2 atom stereocenters. The SMILES string of the molecule is CC(C)(C)OC(=O)[C@@]1(C(=O)O)CCC(=O)C[C@@H]1N. The molecule has 3 N–H and O–H groups in total. The molecule has 0 spiro atoms. The maximum absolute atomic E-state index is 12.1. The molecule has 1 aliphatic carbocycles. The number of hydrogen-bond acceptors (Lipinski definition) is 5. The average Bonchev–Trinajstić information content (AvgIpc) is 2.13. The van der Waals surface area contributed by atoms with Crippen molar-refractivity contribution in [3.05, 3.63) is 0 Å². The maximum atomic E-state index is 12.1. The van der Waals surface area contributed by atoms with Gasteiger partial charge in [-0.05, 0) is 27.2 Å². The molecule has 0 aromatic heterocycles. The highest BCUT2D eigenvalue weighted by molar-refractivity contribution is 6.02. The lowest BCUT2D eigenvalue weighted by Crippen LogP contribution is -2.58. The van der Waals surface area contributed by atoms with Crippen LogP contribution in [0.3, 0.4) is 0 Å². The average molecular weight is 257 g/mol. The molecule has 0 aliphatic heterocycles. The summed E-state index contributed by atoms with van der Waals surface area (Å²) in [6.45, 7) is 4.96. The van der Waals surface area contributed by atoms with E-state index in [4.69, 9.17) is 10.5 Å². The van der Waals surface area contributed by atoms with Gasteiger partial charge in [0.25, 0.3) is 0 Å². The van der Waals surface area contributed by atoms with E-state index in [-0.39, 0.29) is 25.0 Å². The van der Waals surface area contributed by atoms with Crippen LogP contribution in [0.1, 0.15) is 40.0 Å². The van der Waals surface area contributed by atoms with Crippen LogP contribution in [0.25, 0.3) is 0 Å². The largest absolute Gasteiger partial charge is 0.480 e. The fourth-order valence-corrected chi connectivity index (χ4v) is 2.02. The standard InChI is InChI=1S/C12H19NO5/c1-11(2,3)18-10(17)12(9(15)16)5-4-7(14)6-8(12)13/h8H,4-6,13H2,1-3H3,(H,15,16)/t8-,12-/m0/s1. The van der Waals surface area contributed by atoms with E-state index in [2.05, 4.69) is 0 Å². The molecule has 0 radical (unpaired) electrons. The monoisotopic (exact) mass is 257 g/mol. The number of carbonyl (C=O) groups excluding carboxylic acids is 2. The van der Waals surface area contributed by atoms with Gasteiger partial charge in [-0.1, -0.05) is 0 Å². The lowest BCUT2D eigenvalue weighted by molar-refractivity contribution is -0.180. The first-order chi connectivity index (χ1) is 8.09. The van der Waals surface area contributed by atoms with Crippen molar-refractivity contribution in [1.82, 2.24) is 0 Å². The van der Waals surface area contributed by atoms with E-state index in [9.17, 15) is 19.5 Å². The number of carbonyl (C=O) groups is 3. The number of aliphatic carboxylic acids is 1. The highest BCUT2D eigenvalue weighted by atomic mass is 16.6. The van der Waals surface area contributed by atoms with Crippen LogP contribution >= 0.6 is 0 Å². The summed E-state index contributed by atoms with van der Waals surface area (Å²) in [7, 11) is 0. The summed E-state index contributed by atoms with van der Waals surface area (Å²) in [5.41, 5.74) is 3.13. The van der Waals surface area contributed by atoms with E-state index in [0.717, 1.165) is 0 Å². The van der Waals surface area contributed by atoms with Crippen LogP contribution in [0.15, 0.2) is 0 Å². The molecule has 0 unspecified atom stereocenters. The fourth-order valence-electron chi connectivity index (χ4n) is 2.02. The summed E-state index contributed by atoms with van der Waals surface area (Å²) in [5.74, 6) is -2.30. The summed E-state index contributed by atoms with van der Waals surface area (Å²) in [4.78, 5) is 34.8. The second-order valence-electron chi connectivity index (χ2n) is 5.63. The number of Topliss-reactive ketones (excluding diaryl/α,β-unsaturated/α-hetero) is 1. The lowest BCUT2D eigenvalue weighted by Gasteiger charge is -2.37. The van der Waals surface area contributed by atoms with Gasteiger partial charge in [0.15, 0.2) is 5.41 Å². The zero-order valence-electron chi connectivity index (χ0n) is 10.9. The van der Waals surface area contributed by atoms with Crippen molar-refractivity contribution in [2.45, 2.75) is 51.7 Å². The highest BCUT2D eigenvalue weighted by Gasteiger charge is 2.55. The van der Waals surface area contributed by atoms with Gasteiger partial charge < -0.3 is 15.6 Å². The molecule has 18 heavy (non-hydrogen) atoms. The summed E-state index contributed by atoms with van der Waals surface area (Å²) >= 11 is 0. The molecule has 102 valence electrons. The van der Waals surface area contributed by atoms with Crippen molar-refractivity contribution in [1.29, 1.82) is 0 Å². The smallest absolute Gasteiger partial charge is 0.325 e. The molecule has 0 aromatic carbocycles. The molecule has 0 aromatic rings. The van der Waals surface area contributed by atoms with Crippen molar-refractivity contribution in [3.63, 3.8) is 0 Å². The number of ketones is 1. The zero-order chi connectivity index (χ0) is 14.1. The summed E-state index contributed by atoms with van der Waals surface area (Å²) in [5, 5.41) is 9.32. The number of carboxylic acids is 1. The van der Waals surface area contributed by atoms with E-state index in [1.165, 1.54) is 0 Å². The minimum Gasteiger partial charge on any atom is -0.480 e. The molecule has 1 fully saturated rings. The first kappa shape index (κ1) is 14.6. The predicted octanol–water partition coefficient (Wildman–Crippen LogP) is 0.479. The van der Waals surface area contributed by atoms with Gasteiger partial charge in [0.05, 0.1) is 0 Å². The Hall–Kier alpha value is -1.43. The molecule has 0 amide bonds. The van der Waals surface area contributed by atoms with Crippen LogP contribution in [0.4, 0.5) is 0 Å². The molecule has 0 bridgehead atoms. The van der Waals surface area contributed by atoms with Gasteiger partial charge in [-0.15, -0.1) is 0 Å². The Morgan fingerprint density at radius 2 is 2.00 bits per heavy atom. The van der Waals surface area contributed by atoms with Gasteiger partial charge in [0.2, 0.25) is 0 Å². The Bertz CT molecular complexity index is 384. The topological polar surface area (TPSA) is 107 Å². The van der Waals surface area contributed by atoms with Crippen LogP contribution in [0, 0.1) is 5.41 Å². The number of hydrogen-bond donors (Lipinski definition) is 2. The van der Waals surface area contributed by atoms with Gasteiger partial charge in [-0.3, -0.25) is 14.4 Å². The van der Waals surface area contributed by atoms with Crippen molar-refractivity contribution in [2.24, 2.45) is 11.1 Å². The zero-order valence-corrected chi connectivity index (χ0v) is 10.9. The van der Waals surface area contributed by atoms with Crippen molar-refractivity contribution >= 4 is 17.7 Å². The number of nitrogens with two attached hydrogens (primary N) is 1. The molecule has 0 heterocycles. The van der Waals surface area contributed by atoms with Crippen molar-refractivity contribution in [2.75, 3.05) is 0 Å². The van der Waals surface area contributed by atoms with Crippen LogP contribution in [-0.4, -0.2) is 34.5 Å². The molecule has 1 saturated carbocycles. The number of carboxylic acid groups (broad SMARTS) is 1. The summed E-state index contributed by atoms with van der Waals surface area (Å²) < 4.78 is 5.14. The van der Waals surface area contributed by atoms with Gasteiger partial charge in [-0.2, -0.15) is 0 Å². The van der Waals surface area contributed by atoms with Crippen LogP contribution in [-0.2, 0) is 19.1 Å². The second-order valence-corrected chi connectivity index (χ2v) is 5.63. The molecular formula is C12H19NO5. The Labute approximate surface area is 105 Å². The van der Waals surface area contributed by atoms with E-state index in [1.807, 2.05) is 0 Å². The molecule has 0 saturated heterocycles. The third kappa shape index (κ3) is 2.69.